The van der Waals surface area contributed by atoms with E-state index in [2.05, 4.69) is 0 Å². The van der Waals surface area contributed by atoms with Crippen molar-refractivity contribution in [3.63, 3.8) is 0 Å². The van der Waals surface area contributed by atoms with Crippen LogP contribution in [0.25, 0.3) is 0 Å². The normalized spacial score (nSPS) is 29.5. The van der Waals surface area contributed by atoms with Gasteiger partial charge >= 0.3 is 5.97 Å². The summed E-state index contributed by atoms with van der Waals surface area (Å²) in [6.45, 7) is 1.18. The lowest BCUT2D eigenvalue weighted by molar-refractivity contribution is -0.142. The molecule has 2 aliphatic heterocycles. The number of nitrogens with zero attached hydrogens (tertiary/aromatic N) is 2. The number of aliphatic carboxylic acids is 1. The number of hydrogen-bond acceptors (Lipinski definition) is 7. The van der Waals surface area contributed by atoms with Crippen molar-refractivity contribution in [3.8, 4) is 11.5 Å². The number of phenolic OH excluding ortho intramolecular Hbond substituents is 1. The van der Waals surface area contributed by atoms with Crippen LogP contribution >= 0.6 is 23.2 Å². The number of carboxylic acids is 1. The summed E-state index contributed by atoms with van der Waals surface area (Å²) < 4.78 is 78.4. The summed E-state index contributed by atoms with van der Waals surface area (Å²) in [4.78, 5) is 61.6. The standard InChI is InChI=1S/C31H23Cl2F5N2O8/c1-2-48-15-5-3-4-13(25(15)43)18-11-6-7-12-17(27(45)39(26(12)44)9-8-16(41)42)14(11)10-30(32)28(46)40(29(47)31(18,30)33)24-22(37)20(35)19(34)21(36)23(24)38/h3-6,12,14,17-18,43H,2,7-10H2,1H3,(H,41,42)/t12-,14+,17-,18+,30+,31-/m0/s1. The maximum absolute atomic E-state index is 15.1. The number of rotatable bonds is 7. The van der Waals surface area contributed by atoms with E-state index >= 15 is 8.78 Å². The maximum Gasteiger partial charge on any atom is 0.305 e. The highest BCUT2D eigenvalue weighted by molar-refractivity contribution is 6.58. The smallest absolute Gasteiger partial charge is 0.305 e. The van der Waals surface area contributed by atoms with Crippen molar-refractivity contribution >= 4 is 58.5 Å². The number of carbonyl (C=O) groups excluding carboxylic acids is 4. The Balaban J connectivity index is 1.58. The summed E-state index contributed by atoms with van der Waals surface area (Å²) >= 11 is 14.1. The Labute approximate surface area is 277 Å². The highest BCUT2D eigenvalue weighted by Gasteiger charge is 2.77. The molecule has 0 spiro atoms. The number of fused-ring (bicyclic) bond motifs is 4. The first-order chi connectivity index (χ1) is 22.5. The number of aromatic hydroxyl groups is 1. The molecule has 10 nitrogen and oxygen atoms in total. The van der Waals surface area contributed by atoms with Crippen molar-refractivity contribution in [3.05, 3.63) is 64.5 Å². The molecular weight excluding hydrogens is 694 g/mol. The van der Waals surface area contributed by atoms with Crippen LogP contribution in [0.1, 0.15) is 37.7 Å². The molecule has 2 aromatic rings. The molecule has 2 heterocycles. The van der Waals surface area contributed by atoms with E-state index in [1.807, 2.05) is 0 Å². The van der Waals surface area contributed by atoms with Gasteiger partial charge in [-0.3, -0.25) is 28.9 Å². The number of imide groups is 2. The second-order valence-electron chi connectivity index (χ2n) is 11.8. The van der Waals surface area contributed by atoms with Crippen LogP contribution in [0.5, 0.6) is 11.5 Å². The second-order valence-corrected chi connectivity index (χ2v) is 13.0. The Morgan fingerprint density at radius 1 is 0.958 bits per heavy atom. The molecule has 4 amide bonds. The number of halogens is 7. The first-order valence-electron chi connectivity index (χ1n) is 14.5. The predicted molar refractivity (Wildman–Crippen MR) is 155 cm³/mol. The predicted octanol–water partition coefficient (Wildman–Crippen LogP) is 4.52. The number of allylic oxidation sites excluding steroid dienone is 2. The fraction of sp³-hybridized carbons (Fsp3) is 0.387. The molecule has 6 rings (SSSR count). The minimum atomic E-state index is -2.82. The lowest BCUT2D eigenvalue weighted by Crippen LogP contribution is -2.60. The highest BCUT2D eigenvalue weighted by atomic mass is 35.5. The van der Waals surface area contributed by atoms with Crippen molar-refractivity contribution in [2.45, 2.75) is 41.9 Å². The number of benzene rings is 2. The van der Waals surface area contributed by atoms with Crippen LogP contribution in [0.3, 0.4) is 0 Å². The summed E-state index contributed by atoms with van der Waals surface area (Å²) in [5.74, 6) is -24.7. The lowest BCUT2D eigenvalue weighted by atomic mass is 9.56. The first kappa shape index (κ1) is 33.7. The molecule has 17 heteroatoms. The van der Waals surface area contributed by atoms with Crippen LogP contribution in [0.15, 0.2) is 29.8 Å². The van der Waals surface area contributed by atoms with Crippen LogP contribution in [-0.2, 0) is 24.0 Å². The van der Waals surface area contributed by atoms with Gasteiger partial charge in [-0.05, 0) is 31.7 Å². The van der Waals surface area contributed by atoms with Gasteiger partial charge in [-0.15, -0.1) is 23.2 Å². The number of phenols is 1. The number of anilines is 1. The van der Waals surface area contributed by atoms with Crippen molar-refractivity contribution < 1.29 is 60.9 Å². The first-order valence-corrected chi connectivity index (χ1v) is 15.3. The molecule has 4 aliphatic rings. The quantitative estimate of drug-likeness (QED) is 0.106. The molecule has 6 atom stereocenters. The lowest BCUT2D eigenvalue weighted by Gasteiger charge is -2.50. The highest BCUT2D eigenvalue weighted by Crippen LogP contribution is 2.67. The van der Waals surface area contributed by atoms with E-state index in [4.69, 9.17) is 33.0 Å². The van der Waals surface area contributed by atoms with Gasteiger partial charge < -0.3 is 14.9 Å². The fourth-order valence-corrected chi connectivity index (χ4v) is 8.38. The van der Waals surface area contributed by atoms with Crippen molar-refractivity contribution in [2.75, 3.05) is 18.1 Å². The Morgan fingerprint density at radius 2 is 1.58 bits per heavy atom. The van der Waals surface area contributed by atoms with Gasteiger partial charge in [-0.2, -0.15) is 0 Å². The summed E-state index contributed by atoms with van der Waals surface area (Å²) in [5.41, 5.74) is -2.01. The molecule has 2 aromatic carbocycles. The number of likely N-dealkylation sites (tertiary alicyclic amines) is 1. The molecule has 0 radical (unpaired) electrons. The molecule has 0 aromatic heterocycles. The molecular formula is C31H23Cl2F5N2O8. The van der Waals surface area contributed by atoms with E-state index in [-0.39, 0.29) is 34.8 Å². The number of para-hydroxylation sites is 1. The SMILES string of the molecule is CCOc1cccc([C@H]2C3=CC[C@@H]4C(=O)N(CCC(=O)O)C(=O)[C@@H]4[C@@H]3C[C@@]3(Cl)C(=O)N(c4c(F)c(F)c(F)c(F)c4F)C(=O)[C@@]23Cl)c1O. The Hall–Kier alpha value is -4.24. The van der Waals surface area contributed by atoms with Gasteiger partial charge in [-0.1, -0.05) is 23.8 Å². The van der Waals surface area contributed by atoms with Gasteiger partial charge in [0, 0.05) is 18.0 Å². The number of carboxylic acid groups (broad SMARTS) is 1. The summed E-state index contributed by atoms with van der Waals surface area (Å²) in [6, 6.07) is 4.01. The van der Waals surface area contributed by atoms with Crippen LogP contribution in [-0.4, -0.2) is 67.6 Å². The molecule has 2 aliphatic carbocycles. The zero-order valence-electron chi connectivity index (χ0n) is 24.5. The number of carbonyl (C=O) groups is 5. The topological polar surface area (TPSA) is 142 Å². The Bertz CT molecular complexity index is 1850. The molecule has 254 valence electrons. The molecule has 2 N–H and O–H groups in total. The number of ether oxygens (including phenoxy) is 1. The van der Waals surface area contributed by atoms with E-state index in [1.54, 1.807) is 6.92 Å². The van der Waals surface area contributed by atoms with E-state index in [9.17, 15) is 42.3 Å². The largest absolute Gasteiger partial charge is 0.504 e. The number of alkyl halides is 2. The molecule has 3 fully saturated rings. The fourth-order valence-electron chi connectivity index (χ4n) is 7.45. The Kier molecular flexibility index (Phi) is 8.02. The maximum atomic E-state index is 15.1. The van der Waals surface area contributed by atoms with Gasteiger partial charge in [0.25, 0.3) is 11.8 Å². The average molecular weight is 717 g/mol. The zero-order chi connectivity index (χ0) is 35.2. The molecule has 0 bridgehead atoms. The Morgan fingerprint density at radius 3 is 2.19 bits per heavy atom. The van der Waals surface area contributed by atoms with E-state index < -0.39 is 123 Å². The van der Waals surface area contributed by atoms with Gasteiger partial charge in [0.15, 0.2) is 44.5 Å². The van der Waals surface area contributed by atoms with Gasteiger partial charge in [0.2, 0.25) is 17.6 Å². The number of amides is 4. The monoisotopic (exact) mass is 716 g/mol. The van der Waals surface area contributed by atoms with Crippen LogP contribution in [0.2, 0.25) is 0 Å². The minimum absolute atomic E-state index is 0.0520. The van der Waals surface area contributed by atoms with E-state index in [1.165, 1.54) is 24.3 Å². The summed E-state index contributed by atoms with van der Waals surface area (Å²) in [6.07, 6.45) is -0.000196. The molecule has 0 unspecified atom stereocenters. The van der Waals surface area contributed by atoms with E-state index in [0.29, 0.717) is 0 Å². The third kappa shape index (κ3) is 4.32. The summed E-state index contributed by atoms with van der Waals surface area (Å²) in [5, 5.41) is 20.5. The van der Waals surface area contributed by atoms with Gasteiger partial charge in [0.1, 0.15) is 5.69 Å². The van der Waals surface area contributed by atoms with Crippen molar-refractivity contribution in [2.24, 2.45) is 17.8 Å². The van der Waals surface area contributed by atoms with Crippen molar-refractivity contribution in [1.82, 2.24) is 4.90 Å². The third-order valence-corrected chi connectivity index (χ3v) is 10.9. The van der Waals surface area contributed by atoms with Gasteiger partial charge in [-0.25, -0.2) is 26.9 Å². The average Bonchev–Trinajstić information content (AvgIpc) is 3.37. The molecule has 1 saturated carbocycles. The minimum Gasteiger partial charge on any atom is -0.504 e. The number of hydrogen-bond donors (Lipinski definition) is 2. The van der Waals surface area contributed by atoms with Gasteiger partial charge in [0.05, 0.1) is 24.9 Å². The van der Waals surface area contributed by atoms with Crippen LogP contribution in [0, 0.1) is 46.8 Å². The zero-order valence-corrected chi connectivity index (χ0v) is 26.1. The van der Waals surface area contributed by atoms with Crippen LogP contribution < -0.4 is 9.64 Å². The van der Waals surface area contributed by atoms with E-state index in [0.717, 1.165) is 4.90 Å². The molecule has 48 heavy (non-hydrogen) atoms. The summed E-state index contributed by atoms with van der Waals surface area (Å²) in [7, 11) is 0. The molecule has 2 saturated heterocycles. The van der Waals surface area contributed by atoms with Crippen molar-refractivity contribution in [1.29, 1.82) is 0 Å². The second kappa shape index (κ2) is 11.4. The third-order valence-electron chi connectivity index (χ3n) is 9.50. The van der Waals surface area contributed by atoms with Crippen LogP contribution in [0.4, 0.5) is 27.6 Å².